The van der Waals surface area contributed by atoms with Crippen molar-refractivity contribution in [1.82, 2.24) is 4.90 Å². The molecule has 0 amide bonds. The Morgan fingerprint density at radius 2 is 1.93 bits per heavy atom. The van der Waals surface area contributed by atoms with Crippen LogP contribution < -0.4 is 0 Å². The topological polar surface area (TPSA) is 23.5 Å². The van der Waals surface area contributed by atoms with Gasteiger partial charge >= 0.3 is 0 Å². The SMILES string of the molecule is CCCN(CC1CC1)CC1(O)CCCC1. The summed E-state index contributed by atoms with van der Waals surface area (Å²) < 4.78 is 0. The fourth-order valence-corrected chi connectivity index (χ4v) is 2.82. The van der Waals surface area contributed by atoms with Crippen LogP contribution in [0.2, 0.25) is 0 Å². The van der Waals surface area contributed by atoms with Crippen molar-refractivity contribution < 1.29 is 5.11 Å². The van der Waals surface area contributed by atoms with Gasteiger partial charge in [-0.15, -0.1) is 0 Å². The number of rotatable bonds is 6. The maximum absolute atomic E-state index is 10.4. The van der Waals surface area contributed by atoms with Crippen molar-refractivity contribution in [3.05, 3.63) is 0 Å². The summed E-state index contributed by atoms with van der Waals surface area (Å²) in [6, 6.07) is 0. The lowest BCUT2D eigenvalue weighted by atomic mass is 10.0. The van der Waals surface area contributed by atoms with Gasteiger partial charge in [-0.3, -0.25) is 0 Å². The summed E-state index contributed by atoms with van der Waals surface area (Å²) in [5, 5.41) is 10.4. The first-order valence-electron chi connectivity index (χ1n) is 6.66. The Balaban J connectivity index is 1.80. The van der Waals surface area contributed by atoms with Gasteiger partial charge in [-0.2, -0.15) is 0 Å². The van der Waals surface area contributed by atoms with Crippen LogP contribution in [0.3, 0.4) is 0 Å². The number of hydrogen-bond acceptors (Lipinski definition) is 2. The smallest absolute Gasteiger partial charge is 0.0774 e. The van der Waals surface area contributed by atoms with Crippen LogP contribution in [0.5, 0.6) is 0 Å². The summed E-state index contributed by atoms with van der Waals surface area (Å²) in [5.74, 6) is 0.946. The van der Waals surface area contributed by atoms with Crippen LogP contribution in [-0.2, 0) is 0 Å². The van der Waals surface area contributed by atoms with Crippen LogP contribution in [0.1, 0.15) is 51.9 Å². The normalized spacial score (nSPS) is 25.0. The molecule has 0 aromatic rings. The Bertz CT molecular complexity index is 195. The predicted molar refractivity (Wildman–Crippen MR) is 62.9 cm³/mol. The molecular formula is C13H25NO. The minimum absolute atomic E-state index is 0.343. The first-order chi connectivity index (χ1) is 7.22. The van der Waals surface area contributed by atoms with Crippen molar-refractivity contribution in [2.24, 2.45) is 5.92 Å². The molecule has 0 saturated heterocycles. The van der Waals surface area contributed by atoms with Gasteiger partial charge in [-0.25, -0.2) is 0 Å². The van der Waals surface area contributed by atoms with Gasteiger partial charge < -0.3 is 10.0 Å². The van der Waals surface area contributed by atoms with Crippen LogP contribution in [0.25, 0.3) is 0 Å². The molecule has 1 N–H and O–H groups in total. The third-order valence-corrected chi connectivity index (χ3v) is 3.81. The highest BCUT2D eigenvalue weighted by Gasteiger charge is 2.34. The molecular weight excluding hydrogens is 186 g/mol. The lowest BCUT2D eigenvalue weighted by molar-refractivity contribution is 0.00814. The second-order valence-corrected chi connectivity index (χ2v) is 5.61. The van der Waals surface area contributed by atoms with Gasteiger partial charge in [0.25, 0.3) is 0 Å². The zero-order valence-electron chi connectivity index (χ0n) is 10.0. The van der Waals surface area contributed by atoms with E-state index in [1.54, 1.807) is 0 Å². The Hall–Kier alpha value is -0.0800. The van der Waals surface area contributed by atoms with Crippen molar-refractivity contribution >= 4 is 0 Å². The molecule has 2 fully saturated rings. The van der Waals surface area contributed by atoms with Gasteiger partial charge in [0.15, 0.2) is 0 Å². The van der Waals surface area contributed by atoms with Gasteiger partial charge in [-0.1, -0.05) is 19.8 Å². The maximum atomic E-state index is 10.4. The van der Waals surface area contributed by atoms with E-state index in [-0.39, 0.29) is 5.60 Å². The van der Waals surface area contributed by atoms with E-state index in [0.29, 0.717) is 0 Å². The van der Waals surface area contributed by atoms with Crippen molar-refractivity contribution in [3.8, 4) is 0 Å². The maximum Gasteiger partial charge on any atom is 0.0774 e. The van der Waals surface area contributed by atoms with Gasteiger partial charge in [0.05, 0.1) is 5.60 Å². The van der Waals surface area contributed by atoms with Gasteiger partial charge in [-0.05, 0) is 44.6 Å². The quantitative estimate of drug-likeness (QED) is 0.729. The van der Waals surface area contributed by atoms with Crippen LogP contribution in [0, 0.1) is 5.92 Å². The largest absolute Gasteiger partial charge is 0.389 e. The first-order valence-corrected chi connectivity index (χ1v) is 6.66. The van der Waals surface area contributed by atoms with Crippen molar-refractivity contribution in [2.45, 2.75) is 57.5 Å². The first kappa shape index (κ1) is 11.4. The Labute approximate surface area is 93.7 Å². The molecule has 0 bridgehead atoms. The number of hydrogen-bond donors (Lipinski definition) is 1. The third kappa shape index (κ3) is 3.46. The summed E-state index contributed by atoms with van der Waals surface area (Å²) in [7, 11) is 0. The van der Waals surface area contributed by atoms with E-state index >= 15 is 0 Å². The van der Waals surface area contributed by atoms with E-state index in [4.69, 9.17) is 0 Å². The molecule has 0 aromatic heterocycles. The summed E-state index contributed by atoms with van der Waals surface area (Å²) in [6.45, 7) is 5.56. The van der Waals surface area contributed by atoms with Crippen LogP contribution in [0.4, 0.5) is 0 Å². The van der Waals surface area contributed by atoms with Crippen LogP contribution >= 0.6 is 0 Å². The van der Waals surface area contributed by atoms with E-state index in [1.165, 1.54) is 45.2 Å². The van der Waals surface area contributed by atoms with Crippen molar-refractivity contribution in [2.75, 3.05) is 19.6 Å². The van der Waals surface area contributed by atoms with E-state index in [9.17, 15) is 5.11 Å². The van der Waals surface area contributed by atoms with E-state index in [1.807, 2.05) is 0 Å². The molecule has 88 valence electrons. The average Bonchev–Trinajstić information content (AvgIpc) is 2.89. The highest BCUT2D eigenvalue weighted by Crippen LogP contribution is 2.33. The number of nitrogens with zero attached hydrogens (tertiary/aromatic N) is 1. The Kier molecular flexibility index (Phi) is 3.68. The van der Waals surface area contributed by atoms with Crippen LogP contribution in [0.15, 0.2) is 0 Å². The molecule has 0 atom stereocenters. The lowest BCUT2D eigenvalue weighted by Gasteiger charge is -2.31. The molecule has 0 spiro atoms. The average molecular weight is 211 g/mol. The van der Waals surface area contributed by atoms with Crippen LogP contribution in [-0.4, -0.2) is 35.2 Å². The third-order valence-electron chi connectivity index (χ3n) is 3.81. The Morgan fingerprint density at radius 3 is 2.47 bits per heavy atom. The second kappa shape index (κ2) is 4.84. The molecule has 2 heteroatoms. The molecule has 0 unspecified atom stereocenters. The molecule has 0 aromatic carbocycles. The monoisotopic (exact) mass is 211 g/mol. The summed E-state index contributed by atoms with van der Waals surface area (Å²) in [4.78, 5) is 2.50. The molecule has 2 aliphatic carbocycles. The van der Waals surface area contributed by atoms with Gasteiger partial charge in [0.2, 0.25) is 0 Å². The fourth-order valence-electron chi connectivity index (χ4n) is 2.82. The highest BCUT2D eigenvalue weighted by atomic mass is 16.3. The van der Waals surface area contributed by atoms with Gasteiger partial charge in [0.1, 0.15) is 0 Å². The molecule has 0 radical (unpaired) electrons. The van der Waals surface area contributed by atoms with E-state index < -0.39 is 0 Å². The molecule has 2 rings (SSSR count). The molecule has 15 heavy (non-hydrogen) atoms. The van der Waals surface area contributed by atoms with Crippen molar-refractivity contribution in [1.29, 1.82) is 0 Å². The number of aliphatic hydroxyl groups is 1. The summed E-state index contributed by atoms with van der Waals surface area (Å²) in [5.41, 5.74) is -0.343. The molecule has 2 saturated carbocycles. The predicted octanol–water partition coefficient (Wildman–Crippen LogP) is 2.41. The summed E-state index contributed by atoms with van der Waals surface area (Å²) >= 11 is 0. The standard InChI is InChI=1S/C13H25NO/c1-2-9-14(10-12-5-6-12)11-13(15)7-3-4-8-13/h12,15H,2-11H2,1H3. The van der Waals surface area contributed by atoms with Gasteiger partial charge in [0, 0.05) is 13.1 Å². The minimum atomic E-state index is -0.343. The Morgan fingerprint density at radius 1 is 1.27 bits per heavy atom. The minimum Gasteiger partial charge on any atom is -0.389 e. The molecule has 0 heterocycles. The zero-order chi connectivity index (χ0) is 10.7. The van der Waals surface area contributed by atoms with E-state index in [0.717, 1.165) is 25.3 Å². The fraction of sp³-hybridized carbons (Fsp3) is 1.00. The molecule has 2 aliphatic rings. The summed E-state index contributed by atoms with van der Waals surface area (Å²) in [6.07, 6.45) is 8.54. The van der Waals surface area contributed by atoms with E-state index in [2.05, 4.69) is 11.8 Å². The molecule has 2 nitrogen and oxygen atoms in total. The molecule has 0 aliphatic heterocycles. The highest BCUT2D eigenvalue weighted by molar-refractivity contribution is 4.88. The van der Waals surface area contributed by atoms with Crippen molar-refractivity contribution in [3.63, 3.8) is 0 Å². The zero-order valence-corrected chi connectivity index (χ0v) is 10.0. The second-order valence-electron chi connectivity index (χ2n) is 5.61. The lowest BCUT2D eigenvalue weighted by Crippen LogP contribution is -2.42.